The summed E-state index contributed by atoms with van der Waals surface area (Å²) in [6, 6.07) is 0.298. The highest BCUT2D eigenvalue weighted by atomic mass is 19.4. The average molecular weight is 214 g/mol. The van der Waals surface area contributed by atoms with Gasteiger partial charge in [0.2, 0.25) is 5.88 Å². The monoisotopic (exact) mass is 214 g/mol. The third kappa shape index (κ3) is 2.79. The highest BCUT2D eigenvalue weighted by Gasteiger charge is 2.33. The van der Waals surface area contributed by atoms with Crippen LogP contribution in [-0.4, -0.2) is 16.6 Å². The smallest absolute Gasteiger partial charge is 0.417 e. The number of ether oxygens (including phenoxy) is 1. The molecule has 0 bridgehead atoms. The van der Waals surface area contributed by atoms with Gasteiger partial charge >= 0.3 is 12.8 Å². The van der Waals surface area contributed by atoms with Gasteiger partial charge < -0.3 is 4.74 Å². The van der Waals surface area contributed by atoms with Gasteiger partial charge in [0.25, 0.3) is 0 Å². The van der Waals surface area contributed by atoms with Crippen molar-refractivity contribution in [2.45, 2.75) is 12.8 Å². The maximum absolute atomic E-state index is 12.0. The van der Waals surface area contributed by atoms with Gasteiger partial charge in [-0.1, -0.05) is 0 Å². The van der Waals surface area contributed by atoms with Gasteiger partial charge in [0.05, 0.1) is 0 Å². The van der Waals surface area contributed by atoms with E-state index in [0.29, 0.717) is 12.4 Å². The van der Waals surface area contributed by atoms with Crippen molar-refractivity contribution in [1.29, 1.82) is 0 Å². The van der Waals surface area contributed by atoms with E-state index in [1.54, 1.807) is 0 Å². The van der Waals surface area contributed by atoms with E-state index in [4.69, 9.17) is 0 Å². The first-order valence-electron chi connectivity index (χ1n) is 3.23. The molecular weight excluding hydrogens is 211 g/mol. The van der Waals surface area contributed by atoms with E-state index in [9.17, 15) is 22.0 Å². The lowest BCUT2D eigenvalue weighted by atomic mass is 10.4. The molecule has 0 atom stereocenters. The summed E-state index contributed by atoms with van der Waals surface area (Å²) in [5.74, 6) is -0.817. The van der Waals surface area contributed by atoms with Gasteiger partial charge in [-0.25, -0.2) is 9.97 Å². The first kappa shape index (κ1) is 10.6. The number of aromatic nitrogens is 2. The molecule has 0 aliphatic carbocycles. The summed E-state index contributed by atoms with van der Waals surface area (Å²) in [7, 11) is 0. The Bertz CT molecular complexity index is 313. The molecule has 0 saturated carbocycles. The summed E-state index contributed by atoms with van der Waals surface area (Å²) in [6.07, 6.45) is -4.20. The average Bonchev–Trinajstić information content (AvgIpc) is 2.01. The van der Waals surface area contributed by atoms with Crippen molar-refractivity contribution in [2.75, 3.05) is 0 Å². The van der Waals surface area contributed by atoms with Crippen LogP contribution in [0.5, 0.6) is 5.88 Å². The van der Waals surface area contributed by atoms with E-state index < -0.39 is 24.4 Å². The summed E-state index contributed by atoms with van der Waals surface area (Å²) < 4.78 is 62.8. The second kappa shape index (κ2) is 3.72. The fourth-order valence-electron chi connectivity index (χ4n) is 0.650. The summed E-state index contributed by atoms with van der Waals surface area (Å²) in [4.78, 5) is 5.94. The molecule has 0 amide bonds. The molecule has 0 aromatic carbocycles. The highest BCUT2D eigenvalue weighted by molar-refractivity contribution is 5.15. The van der Waals surface area contributed by atoms with Crippen molar-refractivity contribution >= 4 is 0 Å². The third-order valence-corrected chi connectivity index (χ3v) is 1.14. The van der Waals surface area contributed by atoms with E-state index in [2.05, 4.69) is 14.7 Å². The second-order valence-electron chi connectivity index (χ2n) is 2.12. The molecule has 0 fully saturated rings. The predicted octanol–water partition coefficient (Wildman–Crippen LogP) is 2.10. The van der Waals surface area contributed by atoms with Crippen molar-refractivity contribution < 1.29 is 26.7 Å². The Morgan fingerprint density at radius 3 is 2.36 bits per heavy atom. The van der Waals surface area contributed by atoms with Crippen LogP contribution in [0.25, 0.3) is 0 Å². The van der Waals surface area contributed by atoms with Crippen molar-refractivity contribution in [3.05, 3.63) is 18.1 Å². The van der Waals surface area contributed by atoms with Crippen LogP contribution in [0.2, 0.25) is 0 Å². The molecule has 0 aliphatic heterocycles. The van der Waals surface area contributed by atoms with Crippen LogP contribution in [0.4, 0.5) is 22.0 Å². The zero-order valence-electron chi connectivity index (χ0n) is 6.42. The molecule has 8 heteroatoms. The van der Waals surface area contributed by atoms with Gasteiger partial charge in [0.1, 0.15) is 6.33 Å². The fourth-order valence-corrected chi connectivity index (χ4v) is 0.650. The van der Waals surface area contributed by atoms with Crippen LogP contribution in [0.1, 0.15) is 5.69 Å². The number of alkyl halides is 5. The van der Waals surface area contributed by atoms with Crippen LogP contribution >= 0.6 is 0 Å². The molecule has 14 heavy (non-hydrogen) atoms. The molecule has 1 rings (SSSR count). The summed E-state index contributed by atoms with van der Waals surface area (Å²) >= 11 is 0. The molecule has 1 aromatic heterocycles. The zero-order valence-corrected chi connectivity index (χ0v) is 6.42. The molecule has 0 radical (unpaired) electrons. The van der Waals surface area contributed by atoms with E-state index in [-0.39, 0.29) is 0 Å². The Morgan fingerprint density at radius 2 is 1.86 bits per heavy atom. The van der Waals surface area contributed by atoms with Gasteiger partial charge in [0.15, 0.2) is 5.69 Å². The standard InChI is InChI=1S/C6H3F5N2O/c7-5(8)14-4-1-3(6(9,10)11)12-2-13-4/h1-2,5H. The SMILES string of the molecule is FC(F)Oc1cc(C(F)(F)F)ncn1. The Kier molecular flexibility index (Phi) is 2.82. The minimum Gasteiger partial charge on any atom is -0.417 e. The maximum Gasteiger partial charge on any atom is 0.433 e. The number of nitrogens with zero attached hydrogens (tertiary/aromatic N) is 2. The first-order chi connectivity index (χ1) is 6.39. The first-order valence-corrected chi connectivity index (χ1v) is 3.23. The van der Waals surface area contributed by atoms with Crippen molar-refractivity contribution in [2.24, 2.45) is 0 Å². The van der Waals surface area contributed by atoms with E-state index in [1.807, 2.05) is 0 Å². The van der Waals surface area contributed by atoms with Crippen LogP contribution in [0.15, 0.2) is 12.4 Å². The molecule has 1 heterocycles. The summed E-state index contributed by atoms with van der Waals surface area (Å²) in [6.45, 7) is -3.22. The Morgan fingerprint density at radius 1 is 1.21 bits per heavy atom. The molecule has 0 spiro atoms. The summed E-state index contributed by atoms with van der Waals surface area (Å²) in [5.41, 5.74) is -1.33. The van der Waals surface area contributed by atoms with Gasteiger partial charge in [-0.2, -0.15) is 22.0 Å². The quantitative estimate of drug-likeness (QED) is 0.707. The van der Waals surface area contributed by atoms with Crippen molar-refractivity contribution in [3.63, 3.8) is 0 Å². The van der Waals surface area contributed by atoms with Crippen molar-refractivity contribution in [3.8, 4) is 5.88 Å². The Hall–Kier alpha value is -1.47. The van der Waals surface area contributed by atoms with Gasteiger partial charge in [-0.05, 0) is 0 Å². The Balaban J connectivity index is 2.90. The molecular formula is C6H3F5N2O. The zero-order chi connectivity index (χ0) is 10.8. The minimum atomic E-state index is -4.71. The molecule has 0 N–H and O–H groups in total. The highest BCUT2D eigenvalue weighted by Crippen LogP contribution is 2.28. The molecule has 0 unspecified atom stereocenters. The maximum atomic E-state index is 12.0. The summed E-state index contributed by atoms with van der Waals surface area (Å²) in [5, 5.41) is 0. The second-order valence-corrected chi connectivity index (χ2v) is 2.12. The van der Waals surface area contributed by atoms with Gasteiger partial charge in [-0.15, -0.1) is 0 Å². The molecule has 1 aromatic rings. The van der Waals surface area contributed by atoms with Crippen molar-refractivity contribution in [1.82, 2.24) is 9.97 Å². The van der Waals surface area contributed by atoms with Crippen LogP contribution < -0.4 is 4.74 Å². The van der Waals surface area contributed by atoms with Gasteiger partial charge in [0, 0.05) is 6.07 Å². The van der Waals surface area contributed by atoms with Crippen LogP contribution in [0, 0.1) is 0 Å². The number of halogens is 5. The van der Waals surface area contributed by atoms with Crippen LogP contribution in [-0.2, 0) is 6.18 Å². The topological polar surface area (TPSA) is 35.0 Å². The predicted molar refractivity (Wildman–Crippen MR) is 33.7 cm³/mol. The molecule has 3 nitrogen and oxygen atoms in total. The number of hydrogen-bond acceptors (Lipinski definition) is 3. The lowest BCUT2D eigenvalue weighted by Crippen LogP contribution is -2.10. The molecule has 78 valence electrons. The lowest BCUT2D eigenvalue weighted by molar-refractivity contribution is -0.141. The molecule has 0 saturated heterocycles. The number of rotatable bonds is 2. The minimum absolute atomic E-state index is 0.298. The van der Waals surface area contributed by atoms with E-state index in [0.717, 1.165) is 0 Å². The van der Waals surface area contributed by atoms with E-state index >= 15 is 0 Å². The lowest BCUT2D eigenvalue weighted by Gasteiger charge is -2.07. The largest absolute Gasteiger partial charge is 0.433 e. The van der Waals surface area contributed by atoms with E-state index in [1.165, 1.54) is 0 Å². The fraction of sp³-hybridized carbons (Fsp3) is 0.333. The number of hydrogen-bond donors (Lipinski definition) is 0. The van der Waals surface area contributed by atoms with Crippen LogP contribution in [0.3, 0.4) is 0 Å². The third-order valence-electron chi connectivity index (χ3n) is 1.14. The molecule has 0 aliphatic rings. The normalized spacial score (nSPS) is 11.9. The Labute approximate surface area is 74.5 Å². The van der Waals surface area contributed by atoms with Gasteiger partial charge in [-0.3, -0.25) is 0 Å².